The minimum atomic E-state index is -0.470. The first-order valence-corrected chi connectivity index (χ1v) is 11.7. The highest BCUT2D eigenvalue weighted by Crippen LogP contribution is 2.31. The van der Waals surface area contributed by atoms with Gasteiger partial charge < -0.3 is 25.0 Å². The van der Waals surface area contributed by atoms with Gasteiger partial charge in [0.05, 0.1) is 24.3 Å². The number of fused-ring (bicyclic) bond motifs is 1. The summed E-state index contributed by atoms with van der Waals surface area (Å²) in [5.41, 5.74) is 2.24. The summed E-state index contributed by atoms with van der Waals surface area (Å²) < 4.78 is 7.55. The number of aliphatic hydroxyl groups excluding tert-OH is 1. The number of amides is 1. The number of nitrogens with zero attached hydrogens (tertiary/aromatic N) is 3. The monoisotopic (exact) mass is 459 g/mol. The van der Waals surface area contributed by atoms with Crippen LogP contribution in [0.25, 0.3) is 5.82 Å². The van der Waals surface area contributed by atoms with E-state index in [9.17, 15) is 9.90 Å². The van der Waals surface area contributed by atoms with E-state index >= 15 is 0 Å². The SMILES string of the molecule is Cc1cnc(N[C@H]2C=C[C@H]3OCCC3C2)nc1-n1ccc(C(=O)NC(CO)c2ccccc2)c1. The topological polar surface area (TPSA) is 101 Å². The van der Waals surface area contributed by atoms with Crippen LogP contribution in [-0.4, -0.2) is 50.9 Å². The third-order valence-electron chi connectivity index (χ3n) is 6.50. The van der Waals surface area contributed by atoms with Crippen molar-refractivity contribution >= 4 is 11.9 Å². The normalized spacial score (nSPS) is 22.2. The number of anilines is 1. The molecule has 0 saturated carbocycles. The van der Waals surface area contributed by atoms with Gasteiger partial charge in [-0.3, -0.25) is 4.79 Å². The molecule has 3 N–H and O–H groups in total. The summed E-state index contributed by atoms with van der Waals surface area (Å²) in [6, 6.07) is 10.9. The molecule has 176 valence electrons. The zero-order valence-electron chi connectivity index (χ0n) is 19.1. The van der Waals surface area contributed by atoms with Crippen molar-refractivity contribution in [1.82, 2.24) is 19.9 Å². The molecule has 1 aliphatic heterocycles. The molecular weight excluding hydrogens is 430 g/mol. The number of aromatic nitrogens is 3. The molecule has 1 fully saturated rings. The number of carbonyl (C=O) groups is 1. The van der Waals surface area contributed by atoms with Crippen molar-refractivity contribution in [2.75, 3.05) is 18.5 Å². The van der Waals surface area contributed by atoms with Crippen LogP contribution in [0.2, 0.25) is 0 Å². The molecule has 1 saturated heterocycles. The zero-order valence-corrected chi connectivity index (χ0v) is 19.1. The van der Waals surface area contributed by atoms with Gasteiger partial charge in [0.1, 0.15) is 5.82 Å². The average molecular weight is 460 g/mol. The Labute approximate surface area is 198 Å². The Morgan fingerprint density at radius 1 is 1.26 bits per heavy atom. The first-order chi connectivity index (χ1) is 16.6. The molecule has 0 spiro atoms. The summed E-state index contributed by atoms with van der Waals surface area (Å²) in [5.74, 6) is 1.54. The lowest BCUT2D eigenvalue weighted by molar-refractivity contribution is 0.0916. The maximum atomic E-state index is 12.8. The minimum Gasteiger partial charge on any atom is -0.394 e. The molecule has 2 aromatic heterocycles. The number of rotatable bonds is 7. The van der Waals surface area contributed by atoms with Crippen molar-refractivity contribution in [3.8, 4) is 5.82 Å². The van der Waals surface area contributed by atoms with Gasteiger partial charge in [-0.15, -0.1) is 0 Å². The first-order valence-electron chi connectivity index (χ1n) is 11.7. The number of aryl methyl sites for hydroxylation is 1. The Hall–Kier alpha value is -3.49. The fourth-order valence-electron chi connectivity index (χ4n) is 4.63. The fraction of sp³-hybridized carbons (Fsp3) is 0.346. The van der Waals surface area contributed by atoms with Crippen molar-refractivity contribution in [1.29, 1.82) is 0 Å². The van der Waals surface area contributed by atoms with Crippen molar-refractivity contribution in [2.24, 2.45) is 5.92 Å². The van der Waals surface area contributed by atoms with Gasteiger partial charge in [-0.2, -0.15) is 4.98 Å². The Balaban J connectivity index is 1.29. The van der Waals surface area contributed by atoms with E-state index < -0.39 is 6.04 Å². The van der Waals surface area contributed by atoms with Crippen LogP contribution in [0.15, 0.2) is 67.1 Å². The quantitative estimate of drug-likeness (QED) is 0.469. The van der Waals surface area contributed by atoms with Gasteiger partial charge >= 0.3 is 0 Å². The van der Waals surface area contributed by atoms with Crippen molar-refractivity contribution in [3.63, 3.8) is 0 Å². The molecule has 1 amide bonds. The molecule has 2 aliphatic rings. The summed E-state index contributed by atoms with van der Waals surface area (Å²) in [7, 11) is 0. The van der Waals surface area contributed by atoms with E-state index in [0.29, 0.717) is 23.2 Å². The highest BCUT2D eigenvalue weighted by Gasteiger charge is 2.31. The van der Waals surface area contributed by atoms with Crippen LogP contribution >= 0.6 is 0 Å². The zero-order chi connectivity index (χ0) is 23.5. The molecule has 3 heterocycles. The number of hydrogen-bond acceptors (Lipinski definition) is 6. The molecule has 0 radical (unpaired) electrons. The lowest BCUT2D eigenvalue weighted by Crippen LogP contribution is -2.30. The van der Waals surface area contributed by atoms with E-state index in [2.05, 4.69) is 27.8 Å². The second-order valence-electron chi connectivity index (χ2n) is 8.88. The number of nitrogens with one attached hydrogen (secondary N) is 2. The van der Waals surface area contributed by atoms with Gasteiger partial charge in [0, 0.05) is 36.8 Å². The molecule has 8 heteroatoms. The predicted molar refractivity (Wildman–Crippen MR) is 129 cm³/mol. The molecular formula is C26H29N5O3. The average Bonchev–Trinajstić information content (AvgIpc) is 3.54. The van der Waals surface area contributed by atoms with Crippen molar-refractivity contribution < 1.29 is 14.6 Å². The fourth-order valence-corrected chi connectivity index (χ4v) is 4.63. The second kappa shape index (κ2) is 9.79. The highest BCUT2D eigenvalue weighted by atomic mass is 16.5. The molecule has 34 heavy (non-hydrogen) atoms. The van der Waals surface area contributed by atoms with Crippen LogP contribution in [0.5, 0.6) is 0 Å². The maximum absolute atomic E-state index is 12.8. The van der Waals surface area contributed by atoms with Crippen LogP contribution < -0.4 is 10.6 Å². The highest BCUT2D eigenvalue weighted by molar-refractivity contribution is 5.94. The molecule has 3 aromatic rings. The molecule has 5 rings (SSSR count). The molecule has 1 aromatic carbocycles. The van der Waals surface area contributed by atoms with E-state index in [0.717, 1.165) is 30.6 Å². The Morgan fingerprint density at radius 2 is 2.12 bits per heavy atom. The number of benzene rings is 1. The van der Waals surface area contributed by atoms with Crippen LogP contribution in [0.3, 0.4) is 0 Å². The number of carbonyl (C=O) groups excluding carboxylic acids is 1. The van der Waals surface area contributed by atoms with Crippen LogP contribution in [0.4, 0.5) is 5.95 Å². The first kappa shape index (κ1) is 22.3. The summed E-state index contributed by atoms with van der Waals surface area (Å²) in [6.07, 6.45) is 11.9. The van der Waals surface area contributed by atoms with Crippen molar-refractivity contribution in [3.05, 3.63) is 83.8 Å². The summed E-state index contributed by atoms with van der Waals surface area (Å²) >= 11 is 0. The number of ether oxygens (including phenoxy) is 1. The van der Waals surface area contributed by atoms with E-state index in [4.69, 9.17) is 9.72 Å². The Kier molecular flexibility index (Phi) is 6.42. The van der Waals surface area contributed by atoms with Crippen molar-refractivity contribution in [2.45, 2.75) is 38.0 Å². The van der Waals surface area contributed by atoms with Gasteiger partial charge in [-0.25, -0.2) is 4.98 Å². The maximum Gasteiger partial charge on any atom is 0.253 e. The van der Waals surface area contributed by atoms with E-state index in [1.807, 2.05) is 48.0 Å². The van der Waals surface area contributed by atoms with Crippen LogP contribution in [0, 0.1) is 12.8 Å². The molecule has 0 bridgehead atoms. The lowest BCUT2D eigenvalue weighted by Gasteiger charge is -2.26. The van der Waals surface area contributed by atoms with Crippen LogP contribution in [-0.2, 0) is 4.74 Å². The van der Waals surface area contributed by atoms with Gasteiger partial charge in [0.2, 0.25) is 5.95 Å². The second-order valence-corrected chi connectivity index (χ2v) is 8.88. The predicted octanol–water partition coefficient (Wildman–Crippen LogP) is 3.18. The van der Waals surface area contributed by atoms with E-state index in [-0.39, 0.29) is 24.7 Å². The third-order valence-corrected chi connectivity index (χ3v) is 6.50. The molecule has 8 nitrogen and oxygen atoms in total. The van der Waals surface area contributed by atoms with E-state index in [1.54, 1.807) is 18.5 Å². The van der Waals surface area contributed by atoms with Crippen LogP contribution in [0.1, 0.15) is 40.4 Å². The van der Waals surface area contributed by atoms with Gasteiger partial charge in [0.25, 0.3) is 5.91 Å². The summed E-state index contributed by atoms with van der Waals surface area (Å²) in [4.78, 5) is 22.0. The largest absolute Gasteiger partial charge is 0.394 e. The number of aliphatic hydroxyl groups is 1. The molecule has 2 unspecified atom stereocenters. The smallest absolute Gasteiger partial charge is 0.253 e. The third kappa shape index (κ3) is 4.73. The number of hydrogen-bond donors (Lipinski definition) is 3. The standard InChI is InChI=1S/C26H29N5O3/c1-17-14-27-26(28-21-7-8-23-19(13-21)10-12-34-23)30-24(17)31-11-9-20(15-31)25(33)29-22(16-32)18-5-3-2-4-6-18/h2-9,11,14-15,19,21-23,32H,10,12-13,16H2,1H3,(H,29,33)(H,27,28,30)/t19?,21-,22?,23+/m0/s1. The summed E-state index contributed by atoms with van der Waals surface area (Å²) in [5, 5.41) is 16.1. The lowest BCUT2D eigenvalue weighted by atomic mass is 9.88. The summed E-state index contributed by atoms with van der Waals surface area (Å²) in [6.45, 7) is 2.59. The molecule has 4 atom stereocenters. The Morgan fingerprint density at radius 3 is 2.94 bits per heavy atom. The Bertz CT molecular complexity index is 1180. The van der Waals surface area contributed by atoms with E-state index in [1.165, 1.54) is 0 Å². The van der Waals surface area contributed by atoms with Gasteiger partial charge in [-0.05, 0) is 37.3 Å². The minimum absolute atomic E-state index is 0.165. The molecule has 1 aliphatic carbocycles. The van der Waals surface area contributed by atoms with Gasteiger partial charge in [0.15, 0.2) is 0 Å². The van der Waals surface area contributed by atoms with Gasteiger partial charge in [-0.1, -0.05) is 42.5 Å².